The maximum atomic E-state index is 11.1. The molecule has 0 amide bonds. The fourth-order valence-corrected chi connectivity index (χ4v) is 2.62. The first-order chi connectivity index (χ1) is 8.78. The first-order valence-electron chi connectivity index (χ1n) is 6.16. The largest absolute Gasteiger partial charge is 0.469 e. The van der Waals surface area contributed by atoms with Crippen LogP contribution in [0, 0.1) is 0 Å². The molecule has 0 aromatic carbocycles. The summed E-state index contributed by atoms with van der Waals surface area (Å²) in [6.07, 6.45) is 0.489. The number of esters is 1. The molecule has 0 spiro atoms. The predicted octanol–water partition coefficient (Wildman–Crippen LogP) is 0.824. The predicted molar refractivity (Wildman–Crippen MR) is 70.5 cm³/mol. The Kier molecular flexibility index (Phi) is 5.10. The van der Waals surface area contributed by atoms with Crippen LogP contribution in [0.15, 0.2) is 10.9 Å². The van der Waals surface area contributed by atoms with Gasteiger partial charge in [0.2, 0.25) is 0 Å². The highest BCUT2D eigenvalue weighted by Crippen LogP contribution is 2.09. The number of thiazole rings is 1. The van der Waals surface area contributed by atoms with Gasteiger partial charge in [-0.05, 0) is 0 Å². The van der Waals surface area contributed by atoms with Gasteiger partial charge in [-0.25, -0.2) is 4.98 Å². The van der Waals surface area contributed by atoms with E-state index in [0.29, 0.717) is 6.42 Å². The zero-order chi connectivity index (χ0) is 12.8. The Bertz CT molecular complexity index is 361. The number of carbonyl (C=O) groups is 1. The second-order valence-corrected chi connectivity index (χ2v) is 5.14. The van der Waals surface area contributed by atoms with Gasteiger partial charge in [-0.3, -0.25) is 9.69 Å². The maximum Gasteiger partial charge on any atom is 0.306 e. The van der Waals surface area contributed by atoms with Crippen molar-refractivity contribution in [1.82, 2.24) is 14.8 Å². The summed E-state index contributed by atoms with van der Waals surface area (Å²) in [5, 5.41) is 2.10. The van der Waals surface area contributed by atoms with Crippen LogP contribution in [0.5, 0.6) is 0 Å². The van der Waals surface area contributed by atoms with Crippen molar-refractivity contribution in [2.24, 2.45) is 0 Å². The fraction of sp³-hybridized carbons (Fsp3) is 0.667. The maximum absolute atomic E-state index is 11.1. The van der Waals surface area contributed by atoms with Crippen molar-refractivity contribution in [2.75, 3.05) is 39.8 Å². The van der Waals surface area contributed by atoms with Gasteiger partial charge in [0.15, 0.2) is 0 Å². The Labute approximate surface area is 111 Å². The second-order valence-electron chi connectivity index (χ2n) is 4.42. The lowest BCUT2D eigenvalue weighted by atomic mass is 10.2. The molecule has 0 radical (unpaired) electrons. The molecule has 1 fully saturated rings. The van der Waals surface area contributed by atoms with E-state index in [2.05, 4.69) is 24.9 Å². The molecular formula is C12H19N3O2S. The normalized spacial score (nSPS) is 17.8. The van der Waals surface area contributed by atoms with Crippen LogP contribution < -0.4 is 0 Å². The van der Waals surface area contributed by atoms with E-state index in [4.69, 9.17) is 0 Å². The van der Waals surface area contributed by atoms with Crippen LogP contribution in [0.25, 0.3) is 0 Å². The SMILES string of the molecule is COC(=O)CCN1CCN(Cc2cscn2)CC1. The molecule has 0 unspecified atom stereocenters. The van der Waals surface area contributed by atoms with E-state index in [9.17, 15) is 4.79 Å². The Morgan fingerprint density at radius 2 is 2.11 bits per heavy atom. The summed E-state index contributed by atoms with van der Waals surface area (Å²) >= 11 is 1.64. The lowest BCUT2D eigenvalue weighted by molar-refractivity contribution is -0.141. The molecule has 100 valence electrons. The summed E-state index contributed by atoms with van der Waals surface area (Å²) < 4.78 is 4.65. The van der Waals surface area contributed by atoms with Crippen molar-refractivity contribution in [3.05, 3.63) is 16.6 Å². The molecule has 0 atom stereocenters. The number of nitrogens with zero attached hydrogens (tertiary/aromatic N) is 3. The van der Waals surface area contributed by atoms with Gasteiger partial charge in [-0.15, -0.1) is 11.3 Å². The minimum atomic E-state index is -0.125. The van der Waals surface area contributed by atoms with Crippen molar-refractivity contribution in [3.8, 4) is 0 Å². The van der Waals surface area contributed by atoms with Gasteiger partial charge in [0.1, 0.15) is 0 Å². The minimum absolute atomic E-state index is 0.125. The Morgan fingerprint density at radius 1 is 1.39 bits per heavy atom. The van der Waals surface area contributed by atoms with Crippen LogP contribution in [0.3, 0.4) is 0 Å². The van der Waals surface area contributed by atoms with Crippen LogP contribution in [-0.4, -0.2) is 60.6 Å². The molecule has 2 heterocycles. The molecule has 1 aliphatic rings. The third kappa shape index (κ3) is 4.04. The number of piperazine rings is 1. The zero-order valence-electron chi connectivity index (χ0n) is 10.7. The minimum Gasteiger partial charge on any atom is -0.469 e. The fourth-order valence-electron chi connectivity index (χ4n) is 2.07. The monoisotopic (exact) mass is 269 g/mol. The highest BCUT2D eigenvalue weighted by molar-refractivity contribution is 7.07. The van der Waals surface area contributed by atoms with Crippen LogP contribution in [-0.2, 0) is 16.1 Å². The lowest BCUT2D eigenvalue weighted by Gasteiger charge is -2.34. The number of carbonyl (C=O) groups excluding carboxylic acids is 1. The standard InChI is InChI=1S/C12H19N3O2S/c1-17-12(16)2-3-14-4-6-15(7-5-14)8-11-9-18-10-13-11/h9-10H,2-8H2,1H3. The van der Waals surface area contributed by atoms with Crippen LogP contribution in [0.1, 0.15) is 12.1 Å². The number of methoxy groups -OCH3 is 1. The molecule has 18 heavy (non-hydrogen) atoms. The highest BCUT2D eigenvalue weighted by Gasteiger charge is 2.17. The molecule has 1 aromatic heterocycles. The molecule has 5 nitrogen and oxygen atoms in total. The van der Waals surface area contributed by atoms with Crippen LogP contribution >= 0.6 is 11.3 Å². The van der Waals surface area contributed by atoms with Gasteiger partial charge in [0.05, 0.1) is 24.7 Å². The molecule has 0 saturated carbocycles. The number of hydrogen-bond donors (Lipinski definition) is 0. The van der Waals surface area contributed by atoms with Gasteiger partial charge in [-0.1, -0.05) is 0 Å². The smallest absolute Gasteiger partial charge is 0.306 e. The van der Waals surface area contributed by atoms with Gasteiger partial charge in [-0.2, -0.15) is 0 Å². The first-order valence-corrected chi connectivity index (χ1v) is 7.11. The molecule has 1 aliphatic heterocycles. The molecule has 1 saturated heterocycles. The summed E-state index contributed by atoms with van der Waals surface area (Å²) in [5.74, 6) is -0.125. The summed E-state index contributed by atoms with van der Waals surface area (Å²) in [6.45, 7) is 5.85. The van der Waals surface area contributed by atoms with Crippen molar-refractivity contribution < 1.29 is 9.53 Å². The highest BCUT2D eigenvalue weighted by atomic mass is 32.1. The van der Waals surface area contributed by atoms with Gasteiger partial charge in [0.25, 0.3) is 0 Å². The average molecular weight is 269 g/mol. The van der Waals surface area contributed by atoms with E-state index in [-0.39, 0.29) is 5.97 Å². The molecule has 0 aliphatic carbocycles. The third-order valence-corrected chi connectivity index (χ3v) is 3.83. The van der Waals surface area contributed by atoms with E-state index in [1.165, 1.54) is 7.11 Å². The summed E-state index contributed by atoms with van der Waals surface area (Å²) in [6, 6.07) is 0. The molecule has 2 rings (SSSR count). The van der Waals surface area contributed by atoms with Gasteiger partial charge in [0, 0.05) is 44.6 Å². The van der Waals surface area contributed by atoms with E-state index >= 15 is 0 Å². The lowest BCUT2D eigenvalue weighted by Crippen LogP contribution is -2.46. The quantitative estimate of drug-likeness (QED) is 0.741. The topological polar surface area (TPSA) is 45.7 Å². The Hall–Kier alpha value is -0.980. The number of aromatic nitrogens is 1. The third-order valence-electron chi connectivity index (χ3n) is 3.19. The number of hydrogen-bond acceptors (Lipinski definition) is 6. The van der Waals surface area contributed by atoms with Crippen molar-refractivity contribution >= 4 is 17.3 Å². The van der Waals surface area contributed by atoms with Crippen molar-refractivity contribution in [3.63, 3.8) is 0 Å². The number of ether oxygens (including phenoxy) is 1. The molecule has 1 aromatic rings. The van der Waals surface area contributed by atoms with Gasteiger partial charge < -0.3 is 9.64 Å². The molecule has 0 bridgehead atoms. The van der Waals surface area contributed by atoms with Crippen LogP contribution in [0.4, 0.5) is 0 Å². The van der Waals surface area contributed by atoms with Gasteiger partial charge >= 0.3 is 5.97 Å². The summed E-state index contributed by atoms with van der Waals surface area (Å²) in [5.41, 5.74) is 3.03. The molecular weight excluding hydrogens is 250 g/mol. The Morgan fingerprint density at radius 3 is 2.72 bits per heavy atom. The average Bonchev–Trinajstić information content (AvgIpc) is 2.90. The van der Waals surface area contributed by atoms with E-state index in [1.807, 2.05) is 5.51 Å². The second kappa shape index (κ2) is 6.82. The zero-order valence-corrected chi connectivity index (χ0v) is 11.5. The number of rotatable bonds is 5. The summed E-state index contributed by atoms with van der Waals surface area (Å²) in [7, 11) is 1.44. The van der Waals surface area contributed by atoms with E-state index < -0.39 is 0 Å². The van der Waals surface area contributed by atoms with Crippen LogP contribution in [0.2, 0.25) is 0 Å². The first kappa shape index (κ1) is 13.5. The van der Waals surface area contributed by atoms with E-state index in [0.717, 1.165) is 45.0 Å². The van der Waals surface area contributed by atoms with E-state index in [1.54, 1.807) is 11.3 Å². The Balaban J connectivity index is 1.66. The summed E-state index contributed by atoms with van der Waals surface area (Å²) in [4.78, 5) is 20.1. The molecule has 6 heteroatoms. The van der Waals surface area contributed by atoms with Crippen molar-refractivity contribution in [1.29, 1.82) is 0 Å². The van der Waals surface area contributed by atoms with Crippen molar-refractivity contribution in [2.45, 2.75) is 13.0 Å². The molecule has 0 N–H and O–H groups in total.